The average Bonchev–Trinajstić information content (AvgIpc) is 2.77. The molecule has 2 aromatic heterocycles. The second-order valence-electron chi connectivity index (χ2n) is 6.56. The van der Waals surface area contributed by atoms with E-state index >= 15 is 0 Å². The first-order valence-electron chi connectivity index (χ1n) is 7.40. The Morgan fingerprint density at radius 2 is 2.19 bits per heavy atom. The maximum absolute atomic E-state index is 9.38. The first kappa shape index (κ1) is 14.5. The van der Waals surface area contributed by atoms with Crippen LogP contribution in [-0.2, 0) is 11.3 Å². The van der Waals surface area contributed by atoms with Crippen molar-refractivity contribution in [2.45, 2.75) is 39.0 Å². The lowest BCUT2D eigenvalue weighted by atomic mass is 10.1. The molecule has 0 saturated carbocycles. The molecule has 2 aromatic rings. The summed E-state index contributed by atoms with van der Waals surface area (Å²) in [5.41, 5.74) is 3.01. The third-order valence-electron chi connectivity index (χ3n) is 3.79. The van der Waals surface area contributed by atoms with Gasteiger partial charge in [0.1, 0.15) is 5.65 Å². The molecule has 1 aliphatic rings. The van der Waals surface area contributed by atoms with Gasteiger partial charge in [0.05, 0.1) is 24.0 Å². The molecule has 0 radical (unpaired) electrons. The Balaban J connectivity index is 1.77. The Morgan fingerprint density at radius 3 is 2.95 bits per heavy atom. The number of aryl methyl sites for hydroxylation is 1. The van der Waals surface area contributed by atoms with Crippen LogP contribution in [0.2, 0.25) is 0 Å². The maximum atomic E-state index is 9.38. The molecule has 3 heterocycles. The van der Waals surface area contributed by atoms with Crippen molar-refractivity contribution in [3.63, 3.8) is 0 Å². The smallest absolute Gasteiger partial charge is 0.137 e. The molecule has 0 amide bonds. The van der Waals surface area contributed by atoms with Crippen LogP contribution < -0.4 is 0 Å². The molecule has 1 fully saturated rings. The molecule has 1 atom stereocenters. The number of aliphatic hydroxyl groups excluding tert-OH is 1. The fraction of sp³-hybridized carbons (Fsp3) is 0.562. The van der Waals surface area contributed by atoms with Gasteiger partial charge in [0.2, 0.25) is 0 Å². The topological polar surface area (TPSA) is 50.0 Å². The van der Waals surface area contributed by atoms with Crippen LogP contribution >= 0.6 is 0 Å². The van der Waals surface area contributed by atoms with Crippen LogP contribution in [0.4, 0.5) is 0 Å². The van der Waals surface area contributed by atoms with Gasteiger partial charge in [-0.05, 0) is 32.4 Å². The Hall–Kier alpha value is -1.43. The molecule has 5 nitrogen and oxygen atoms in total. The van der Waals surface area contributed by atoms with Gasteiger partial charge in [0, 0.05) is 32.0 Å². The highest BCUT2D eigenvalue weighted by Crippen LogP contribution is 2.22. The minimum Gasteiger partial charge on any atom is -0.394 e. The molecule has 3 rings (SSSR count). The van der Waals surface area contributed by atoms with E-state index in [9.17, 15) is 5.11 Å². The molecule has 1 saturated heterocycles. The quantitative estimate of drug-likeness (QED) is 0.933. The third kappa shape index (κ3) is 3.26. The van der Waals surface area contributed by atoms with Gasteiger partial charge in [-0.15, -0.1) is 0 Å². The van der Waals surface area contributed by atoms with Crippen molar-refractivity contribution >= 4 is 5.65 Å². The molecule has 1 unspecified atom stereocenters. The first-order valence-corrected chi connectivity index (χ1v) is 7.40. The van der Waals surface area contributed by atoms with Gasteiger partial charge in [-0.3, -0.25) is 4.90 Å². The molecular weight excluding hydrogens is 266 g/mol. The van der Waals surface area contributed by atoms with Gasteiger partial charge < -0.3 is 14.2 Å². The largest absolute Gasteiger partial charge is 0.394 e. The second-order valence-corrected chi connectivity index (χ2v) is 6.56. The van der Waals surface area contributed by atoms with E-state index in [1.54, 1.807) is 0 Å². The van der Waals surface area contributed by atoms with E-state index in [4.69, 9.17) is 4.74 Å². The van der Waals surface area contributed by atoms with Gasteiger partial charge in [-0.2, -0.15) is 0 Å². The number of nitrogens with zero attached hydrogens (tertiary/aromatic N) is 3. The Kier molecular flexibility index (Phi) is 3.73. The van der Waals surface area contributed by atoms with E-state index in [0.29, 0.717) is 0 Å². The molecule has 21 heavy (non-hydrogen) atoms. The van der Waals surface area contributed by atoms with Gasteiger partial charge in [-0.25, -0.2) is 4.98 Å². The standard InChI is InChI=1S/C16H23N3O2/c1-12-4-5-15-17-13(8-19(15)6-12)7-18-9-14(10-20)21-16(2,3)11-18/h4-6,8,14,20H,7,9-11H2,1-3H3. The van der Waals surface area contributed by atoms with E-state index < -0.39 is 0 Å². The molecule has 0 aliphatic carbocycles. The zero-order valence-electron chi connectivity index (χ0n) is 12.9. The van der Waals surface area contributed by atoms with Crippen LogP contribution in [0.15, 0.2) is 24.5 Å². The van der Waals surface area contributed by atoms with Crippen molar-refractivity contribution in [3.05, 3.63) is 35.8 Å². The normalized spacial score (nSPS) is 22.8. The lowest BCUT2D eigenvalue weighted by Crippen LogP contribution is -2.53. The van der Waals surface area contributed by atoms with Crippen LogP contribution in [0.5, 0.6) is 0 Å². The summed E-state index contributed by atoms with van der Waals surface area (Å²) < 4.78 is 7.92. The van der Waals surface area contributed by atoms with Crippen LogP contribution in [0.25, 0.3) is 5.65 Å². The Morgan fingerprint density at radius 1 is 1.38 bits per heavy atom. The van der Waals surface area contributed by atoms with E-state index in [1.165, 1.54) is 5.56 Å². The number of aliphatic hydroxyl groups is 1. The summed E-state index contributed by atoms with van der Waals surface area (Å²) in [6.07, 6.45) is 4.05. The number of hydrogen-bond acceptors (Lipinski definition) is 4. The van der Waals surface area contributed by atoms with E-state index in [2.05, 4.69) is 53.5 Å². The fourth-order valence-electron chi connectivity index (χ4n) is 3.09. The van der Waals surface area contributed by atoms with Crippen LogP contribution in [-0.4, -0.2) is 50.8 Å². The van der Waals surface area contributed by atoms with Crippen molar-refractivity contribution < 1.29 is 9.84 Å². The summed E-state index contributed by atoms with van der Waals surface area (Å²) >= 11 is 0. The highest BCUT2D eigenvalue weighted by atomic mass is 16.5. The number of morpholine rings is 1. The maximum Gasteiger partial charge on any atom is 0.137 e. The van der Waals surface area contributed by atoms with Crippen LogP contribution in [0.3, 0.4) is 0 Å². The first-order chi connectivity index (χ1) is 9.95. The average molecular weight is 289 g/mol. The Labute approximate surface area is 125 Å². The number of rotatable bonds is 3. The van der Waals surface area contributed by atoms with Crippen molar-refractivity contribution in [2.24, 2.45) is 0 Å². The number of fused-ring (bicyclic) bond motifs is 1. The van der Waals surface area contributed by atoms with Crippen molar-refractivity contribution in [1.29, 1.82) is 0 Å². The van der Waals surface area contributed by atoms with Gasteiger partial charge in [0.25, 0.3) is 0 Å². The van der Waals surface area contributed by atoms with E-state index in [-0.39, 0.29) is 18.3 Å². The zero-order valence-corrected chi connectivity index (χ0v) is 12.9. The molecule has 0 spiro atoms. The summed E-state index contributed by atoms with van der Waals surface area (Å²) in [5, 5.41) is 9.38. The van der Waals surface area contributed by atoms with E-state index in [1.807, 2.05) is 6.07 Å². The zero-order chi connectivity index (χ0) is 15.0. The summed E-state index contributed by atoms with van der Waals surface area (Å²) in [4.78, 5) is 6.97. The number of hydrogen-bond donors (Lipinski definition) is 1. The molecular formula is C16H23N3O2. The third-order valence-corrected chi connectivity index (χ3v) is 3.79. The highest BCUT2D eigenvalue weighted by molar-refractivity contribution is 5.41. The fourth-order valence-corrected chi connectivity index (χ4v) is 3.09. The molecule has 0 aromatic carbocycles. The SMILES string of the molecule is Cc1ccc2nc(CN3CC(CO)OC(C)(C)C3)cn2c1. The minimum atomic E-state index is -0.235. The van der Waals surface area contributed by atoms with Crippen molar-refractivity contribution in [2.75, 3.05) is 19.7 Å². The lowest BCUT2D eigenvalue weighted by molar-refractivity contribution is -0.150. The minimum absolute atomic E-state index is 0.0598. The molecule has 1 aliphatic heterocycles. The van der Waals surface area contributed by atoms with Gasteiger partial charge >= 0.3 is 0 Å². The highest BCUT2D eigenvalue weighted by Gasteiger charge is 2.33. The Bertz CT molecular complexity index is 635. The van der Waals surface area contributed by atoms with E-state index in [0.717, 1.165) is 31.0 Å². The number of imidazole rings is 1. The van der Waals surface area contributed by atoms with Gasteiger partial charge in [0.15, 0.2) is 0 Å². The number of aromatic nitrogens is 2. The predicted molar refractivity (Wildman–Crippen MR) is 81.2 cm³/mol. The summed E-state index contributed by atoms with van der Waals surface area (Å²) in [5.74, 6) is 0. The summed E-state index contributed by atoms with van der Waals surface area (Å²) in [6.45, 7) is 8.64. The van der Waals surface area contributed by atoms with Crippen LogP contribution in [0.1, 0.15) is 25.1 Å². The summed E-state index contributed by atoms with van der Waals surface area (Å²) in [6, 6.07) is 4.12. The predicted octanol–water partition coefficient (Wildman–Crippen LogP) is 1.61. The van der Waals surface area contributed by atoms with Crippen molar-refractivity contribution in [3.8, 4) is 0 Å². The monoisotopic (exact) mass is 289 g/mol. The van der Waals surface area contributed by atoms with Crippen molar-refractivity contribution in [1.82, 2.24) is 14.3 Å². The van der Waals surface area contributed by atoms with Gasteiger partial charge in [-0.1, -0.05) is 6.07 Å². The summed E-state index contributed by atoms with van der Waals surface area (Å²) in [7, 11) is 0. The van der Waals surface area contributed by atoms with Crippen LogP contribution in [0, 0.1) is 6.92 Å². The number of ether oxygens (including phenoxy) is 1. The molecule has 0 bridgehead atoms. The second kappa shape index (κ2) is 5.40. The molecule has 5 heteroatoms. The molecule has 114 valence electrons. The lowest BCUT2D eigenvalue weighted by Gasteiger charge is -2.42. The number of pyridine rings is 1. The molecule has 1 N–H and O–H groups in total.